The van der Waals surface area contributed by atoms with Gasteiger partial charge in [0.05, 0.1) is 0 Å². The van der Waals surface area contributed by atoms with Crippen molar-refractivity contribution < 1.29 is 4.79 Å². The molecule has 0 atom stereocenters. The molecule has 25 heavy (non-hydrogen) atoms. The molecular formula is C21H21N3O. The third-order valence-corrected chi connectivity index (χ3v) is 4.82. The smallest absolute Gasteiger partial charge is 0.254 e. The van der Waals surface area contributed by atoms with E-state index in [9.17, 15) is 4.79 Å². The van der Waals surface area contributed by atoms with Crippen molar-refractivity contribution in [3.8, 4) is 0 Å². The zero-order chi connectivity index (χ0) is 17.1. The van der Waals surface area contributed by atoms with Gasteiger partial charge in [-0.1, -0.05) is 42.5 Å². The molecule has 1 aliphatic heterocycles. The van der Waals surface area contributed by atoms with Crippen molar-refractivity contribution in [2.24, 2.45) is 0 Å². The molecule has 1 saturated heterocycles. The number of hydrogen-bond donors (Lipinski definition) is 0. The van der Waals surface area contributed by atoms with E-state index in [-0.39, 0.29) is 5.91 Å². The Morgan fingerprint density at radius 3 is 2.52 bits per heavy atom. The summed E-state index contributed by atoms with van der Waals surface area (Å²) in [5.74, 6) is 0.109. The van der Waals surface area contributed by atoms with E-state index in [1.807, 2.05) is 35.2 Å². The fourth-order valence-electron chi connectivity index (χ4n) is 3.42. The number of carbonyl (C=O) groups excluding carboxylic acids is 1. The van der Waals surface area contributed by atoms with Crippen LogP contribution in [-0.4, -0.2) is 46.9 Å². The number of amides is 1. The van der Waals surface area contributed by atoms with E-state index >= 15 is 0 Å². The lowest BCUT2D eigenvalue weighted by Crippen LogP contribution is -2.48. The minimum atomic E-state index is 0.109. The topological polar surface area (TPSA) is 36.4 Å². The van der Waals surface area contributed by atoms with Gasteiger partial charge < -0.3 is 4.90 Å². The first-order valence-corrected chi connectivity index (χ1v) is 8.69. The molecule has 0 radical (unpaired) electrons. The van der Waals surface area contributed by atoms with E-state index in [4.69, 9.17) is 0 Å². The first-order valence-electron chi connectivity index (χ1n) is 8.69. The maximum atomic E-state index is 13.0. The zero-order valence-electron chi connectivity index (χ0n) is 14.1. The molecule has 4 nitrogen and oxygen atoms in total. The van der Waals surface area contributed by atoms with Crippen LogP contribution in [0.15, 0.2) is 67.0 Å². The average Bonchev–Trinajstić information content (AvgIpc) is 2.68. The quantitative estimate of drug-likeness (QED) is 0.739. The molecule has 2 heterocycles. The predicted molar refractivity (Wildman–Crippen MR) is 99.4 cm³/mol. The lowest BCUT2D eigenvalue weighted by molar-refractivity contribution is 0.0630. The zero-order valence-corrected chi connectivity index (χ0v) is 14.1. The van der Waals surface area contributed by atoms with Gasteiger partial charge in [0.25, 0.3) is 5.91 Å². The van der Waals surface area contributed by atoms with Gasteiger partial charge in [-0.15, -0.1) is 0 Å². The van der Waals surface area contributed by atoms with Gasteiger partial charge in [-0.05, 0) is 23.1 Å². The minimum absolute atomic E-state index is 0.109. The van der Waals surface area contributed by atoms with Crippen LogP contribution in [0.3, 0.4) is 0 Å². The molecular weight excluding hydrogens is 310 g/mol. The van der Waals surface area contributed by atoms with E-state index in [1.165, 1.54) is 5.56 Å². The summed E-state index contributed by atoms with van der Waals surface area (Å²) < 4.78 is 0. The second-order valence-corrected chi connectivity index (χ2v) is 6.46. The number of nitrogens with zero attached hydrogens (tertiary/aromatic N) is 3. The Kier molecular flexibility index (Phi) is 4.44. The molecule has 1 fully saturated rings. The van der Waals surface area contributed by atoms with Gasteiger partial charge in [0.15, 0.2) is 0 Å². The second kappa shape index (κ2) is 7.03. The summed E-state index contributed by atoms with van der Waals surface area (Å²) in [5, 5.41) is 1.99. The highest BCUT2D eigenvalue weighted by molar-refractivity contribution is 6.06. The lowest BCUT2D eigenvalue weighted by Gasteiger charge is -2.35. The fourth-order valence-corrected chi connectivity index (χ4v) is 3.42. The molecule has 0 N–H and O–H groups in total. The summed E-state index contributed by atoms with van der Waals surface area (Å²) in [6.45, 7) is 4.29. The minimum Gasteiger partial charge on any atom is -0.336 e. The Labute approximate surface area is 147 Å². The number of fused-ring (bicyclic) bond motifs is 1. The van der Waals surface area contributed by atoms with E-state index in [0.717, 1.165) is 49.1 Å². The molecule has 0 unspecified atom stereocenters. The van der Waals surface area contributed by atoms with Crippen LogP contribution in [0.4, 0.5) is 0 Å². The third kappa shape index (κ3) is 3.39. The largest absolute Gasteiger partial charge is 0.336 e. The molecule has 0 bridgehead atoms. The van der Waals surface area contributed by atoms with Crippen molar-refractivity contribution >= 4 is 16.7 Å². The van der Waals surface area contributed by atoms with Crippen LogP contribution in [0.1, 0.15) is 15.9 Å². The number of aromatic nitrogens is 1. The standard InChI is InChI=1S/C21H21N3O/c25-21(19-8-4-7-18-9-10-22-15-20(18)19)24-13-11-23(12-14-24)16-17-5-2-1-3-6-17/h1-10,15H,11-14,16H2. The van der Waals surface area contributed by atoms with Crippen molar-refractivity contribution in [3.63, 3.8) is 0 Å². The van der Waals surface area contributed by atoms with Crippen LogP contribution in [0, 0.1) is 0 Å². The van der Waals surface area contributed by atoms with Crippen LogP contribution in [-0.2, 0) is 6.54 Å². The highest BCUT2D eigenvalue weighted by atomic mass is 16.2. The summed E-state index contributed by atoms with van der Waals surface area (Å²) in [5.41, 5.74) is 2.07. The summed E-state index contributed by atoms with van der Waals surface area (Å²) in [4.78, 5) is 21.5. The number of hydrogen-bond acceptors (Lipinski definition) is 3. The van der Waals surface area contributed by atoms with Crippen molar-refractivity contribution in [2.75, 3.05) is 26.2 Å². The van der Waals surface area contributed by atoms with E-state index in [1.54, 1.807) is 12.4 Å². The highest BCUT2D eigenvalue weighted by Crippen LogP contribution is 2.20. The Hall–Kier alpha value is -2.72. The van der Waals surface area contributed by atoms with Crippen molar-refractivity contribution in [1.29, 1.82) is 0 Å². The summed E-state index contributed by atoms with van der Waals surface area (Å²) in [6, 6.07) is 18.3. The van der Waals surface area contributed by atoms with E-state index in [2.05, 4.69) is 34.1 Å². The van der Waals surface area contributed by atoms with Gasteiger partial charge in [0, 0.05) is 56.1 Å². The lowest BCUT2D eigenvalue weighted by atomic mass is 10.1. The van der Waals surface area contributed by atoms with Gasteiger partial charge in [-0.25, -0.2) is 0 Å². The molecule has 1 aliphatic rings. The molecule has 126 valence electrons. The van der Waals surface area contributed by atoms with Crippen molar-refractivity contribution in [2.45, 2.75) is 6.54 Å². The van der Waals surface area contributed by atoms with Crippen LogP contribution in [0.2, 0.25) is 0 Å². The average molecular weight is 331 g/mol. The van der Waals surface area contributed by atoms with Crippen molar-refractivity contribution in [3.05, 3.63) is 78.1 Å². The third-order valence-electron chi connectivity index (χ3n) is 4.82. The molecule has 1 amide bonds. The SMILES string of the molecule is O=C(c1cccc2ccncc12)N1CCN(Cc2ccccc2)CC1. The summed E-state index contributed by atoms with van der Waals surface area (Å²) in [7, 11) is 0. The second-order valence-electron chi connectivity index (χ2n) is 6.46. The summed E-state index contributed by atoms with van der Waals surface area (Å²) >= 11 is 0. The molecule has 3 aromatic rings. The van der Waals surface area contributed by atoms with Crippen LogP contribution in [0.5, 0.6) is 0 Å². The number of rotatable bonds is 3. The van der Waals surface area contributed by atoms with Crippen LogP contribution in [0.25, 0.3) is 10.8 Å². The van der Waals surface area contributed by atoms with Gasteiger partial charge in [-0.3, -0.25) is 14.7 Å². The van der Waals surface area contributed by atoms with E-state index < -0.39 is 0 Å². The highest BCUT2D eigenvalue weighted by Gasteiger charge is 2.23. The first-order chi connectivity index (χ1) is 12.3. The molecule has 4 rings (SSSR count). The molecule has 0 saturated carbocycles. The number of carbonyl (C=O) groups is 1. The molecule has 4 heteroatoms. The molecule has 0 spiro atoms. The van der Waals surface area contributed by atoms with Crippen molar-refractivity contribution in [1.82, 2.24) is 14.8 Å². The first kappa shape index (κ1) is 15.8. The van der Waals surface area contributed by atoms with Gasteiger partial charge in [0.2, 0.25) is 0 Å². The summed E-state index contributed by atoms with van der Waals surface area (Å²) in [6.07, 6.45) is 3.55. The number of pyridine rings is 1. The Bertz CT molecular complexity index is 865. The molecule has 1 aromatic heterocycles. The Morgan fingerprint density at radius 2 is 1.72 bits per heavy atom. The number of piperazine rings is 1. The van der Waals surface area contributed by atoms with Crippen LogP contribution < -0.4 is 0 Å². The van der Waals surface area contributed by atoms with Gasteiger partial charge >= 0.3 is 0 Å². The van der Waals surface area contributed by atoms with E-state index in [0.29, 0.717) is 0 Å². The predicted octanol–water partition coefficient (Wildman–Crippen LogP) is 3.19. The molecule has 0 aliphatic carbocycles. The van der Waals surface area contributed by atoms with Gasteiger partial charge in [-0.2, -0.15) is 0 Å². The molecule has 2 aromatic carbocycles. The Morgan fingerprint density at radius 1 is 0.920 bits per heavy atom. The van der Waals surface area contributed by atoms with Gasteiger partial charge in [0.1, 0.15) is 0 Å². The van der Waals surface area contributed by atoms with Crippen LogP contribution >= 0.6 is 0 Å². The normalized spacial score (nSPS) is 15.4. The monoisotopic (exact) mass is 331 g/mol. The fraction of sp³-hybridized carbons (Fsp3) is 0.238. The number of benzene rings is 2. The Balaban J connectivity index is 1.44. The maximum absolute atomic E-state index is 13.0. The maximum Gasteiger partial charge on any atom is 0.254 e.